The van der Waals surface area contributed by atoms with Gasteiger partial charge >= 0.3 is 7.75 Å². The minimum atomic E-state index is -4.44. The maximum atomic E-state index is 11.4. The number of halogens is 2. The molecule has 0 aliphatic carbocycles. The molecule has 0 spiro atoms. The summed E-state index contributed by atoms with van der Waals surface area (Å²) in [7, 11) is -3.17. The van der Waals surface area contributed by atoms with Crippen LogP contribution >= 0.6 is 30.9 Å². The molecule has 114 valence electrons. The Hall–Kier alpha value is -0.650. The molecule has 0 atom stereocenters. The van der Waals surface area contributed by atoms with E-state index in [1.165, 1.54) is 13.1 Å². The lowest BCUT2D eigenvalue weighted by atomic mass is 10.2. The molecule has 0 saturated carbocycles. The van der Waals surface area contributed by atoms with Gasteiger partial charge in [0, 0.05) is 7.05 Å². The van der Waals surface area contributed by atoms with Gasteiger partial charge in [0.05, 0.1) is 17.4 Å². The van der Waals surface area contributed by atoms with Crippen molar-refractivity contribution in [1.82, 2.24) is 0 Å². The first-order valence-electron chi connectivity index (χ1n) is 5.72. The molecule has 0 aromatic heterocycles. The normalized spacial score (nSPS) is 11.2. The fourth-order valence-corrected chi connectivity index (χ4v) is 2.04. The molecule has 2 N–H and O–H groups in total. The van der Waals surface area contributed by atoms with Crippen LogP contribution in [0.1, 0.15) is 0 Å². The molecule has 0 aliphatic heterocycles. The summed E-state index contributed by atoms with van der Waals surface area (Å²) < 4.78 is 23.0. The smallest absolute Gasteiger partial charge is 0.429 e. The summed E-state index contributed by atoms with van der Waals surface area (Å²) in [5.74, 6) is 1.11. The van der Waals surface area contributed by atoms with Crippen molar-refractivity contribution in [2.75, 3.05) is 36.7 Å². The summed E-state index contributed by atoms with van der Waals surface area (Å²) in [6.45, 7) is 0.437. The van der Waals surface area contributed by atoms with Gasteiger partial charge in [-0.05, 0) is 12.1 Å². The Morgan fingerprint density at radius 2 is 1.80 bits per heavy atom. The number of anilines is 1. The number of rotatable bonds is 8. The van der Waals surface area contributed by atoms with E-state index in [9.17, 15) is 14.4 Å². The molecule has 0 bridgehead atoms. The quantitative estimate of drug-likeness (QED) is 0.557. The zero-order chi connectivity index (χ0) is 15.2. The van der Waals surface area contributed by atoms with Crippen LogP contribution in [0.2, 0.25) is 0 Å². The molecule has 1 aromatic carbocycles. The Morgan fingerprint density at radius 3 is 2.35 bits per heavy atom. The SMILES string of the molecule is CN(c1cccc(OCCCl)c1OCCCl)P(=O)(O)O. The monoisotopic (exact) mass is 343 g/mol. The number of hydrogen-bond donors (Lipinski definition) is 2. The topological polar surface area (TPSA) is 79.2 Å². The summed E-state index contributed by atoms with van der Waals surface area (Å²) in [6.07, 6.45) is 0. The molecule has 20 heavy (non-hydrogen) atoms. The van der Waals surface area contributed by atoms with Crippen molar-refractivity contribution in [3.8, 4) is 11.5 Å². The number of para-hydroxylation sites is 1. The molecule has 0 aliphatic rings. The van der Waals surface area contributed by atoms with Gasteiger partial charge in [-0.2, -0.15) is 0 Å². The van der Waals surface area contributed by atoms with E-state index in [2.05, 4.69) is 0 Å². The molecule has 0 unspecified atom stereocenters. The van der Waals surface area contributed by atoms with Crippen LogP contribution in [0.5, 0.6) is 11.5 Å². The molecule has 9 heteroatoms. The fourth-order valence-electron chi connectivity index (χ4n) is 1.45. The minimum Gasteiger partial charge on any atom is -0.488 e. The van der Waals surface area contributed by atoms with Crippen molar-refractivity contribution in [1.29, 1.82) is 0 Å². The summed E-state index contributed by atoms with van der Waals surface area (Å²) in [5.41, 5.74) is 0.218. The van der Waals surface area contributed by atoms with E-state index in [0.29, 0.717) is 5.75 Å². The Morgan fingerprint density at radius 1 is 1.20 bits per heavy atom. The van der Waals surface area contributed by atoms with E-state index in [1.54, 1.807) is 12.1 Å². The van der Waals surface area contributed by atoms with Crippen LogP contribution in [0.25, 0.3) is 0 Å². The van der Waals surface area contributed by atoms with Crippen LogP contribution in [-0.4, -0.2) is 41.8 Å². The van der Waals surface area contributed by atoms with Crippen molar-refractivity contribution in [2.45, 2.75) is 0 Å². The van der Waals surface area contributed by atoms with Crippen molar-refractivity contribution in [3.63, 3.8) is 0 Å². The maximum absolute atomic E-state index is 11.4. The lowest BCUT2D eigenvalue weighted by molar-refractivity contribution is 0.290. The lowest BCUT2D eigenvalue weighted by Crippen LogP contribution is -2.15. The summed E-state index contributed by atoms with van der Waals surface area (Å²) >= 11 is 11.1. The molecule has 0 fully saturated rings. The highest BCUT2D eigenvalue weighted by molar-refractivity contribution is 7.53. The third kappa shape index (κ3) is 4.72. The van der Waals surface area contributed by atoms with E-state index in [1.807, 2.05) is 0 Å². The first-order valence-corrected chi connectivity index (χ1v) is 8.35. The molecule has 6 nitrogen and oxygen atoms in total. The number of ether oxygens (including phenoxy) is 2. The number of nitrogens with zero attached hydrogens (tertiary/aromatic N) is 1. The summed E-state index contributed by atoms with van der Waals surface area (Å²) in [5, 5.41) is 0. The van der Waals surface area contributed by atoms with E-state index >= 15 is 0 Å². The van der Waals surface area contributed by atoms with Crippen LogP contribution in [0, 0.1) is 0 Å². The summed E-state index contributed by atoms with van der Waals surface area (Å²) in [6, 6.07) is 4.77. The van der Waals surface area contributed by atoms with Crippen molar-refractivity contribution >= 4 is 36.6 Å². The molecule has 0 radical (unpaired) electrons. The van der Waals surface area contributed by atoms with Crippen molar-refractivity contribution in [3.05, 3.63) is 18.2 Å². The molecule has 0 amide bonds. The highest BCUT2D eigenvalue weighted by Gasteiger charge is 2.26. The predicted molar refractivity (Wildman–Crippen MR) is 79.3 cm³/mol. The Bertz CT molecular complexity index is 482. The van der Waals surface area contributed by atoms with Crippen molar-refractivity contribution in [2.24, 2.45) is 0 Å². The van der Waals surface area contributed by atoms with Gasteiger partial charge in [0.1, 0.15) is 13.2 Å². The number of alkyl halides is 2. The molecular formula is C11H16Cl2NO5P. The maximum Gasteiger partial charge on any atom is 0.429 e. The molecule has 0 saturated heterocycles. The standard InChI is InChI=1S/C11H16Cl2NO5P/c1-14(20(15,16)17)9-3-2-4-10(18-7-5-12)11(9)19-8-6-13/h2-4H,5-8H2,1H3,(H2,15,16,17). The van der Waals surface area contributed by atoms with Crippen LogP contribution in [0.4, 0.5) is 5.69 Å². The Kier molecular flexibility index (Phi) is 6.92. The predicted octanol–water partition coefficient (Wildman–Crippen LogP) is 2.45. The Labute approximate surface area is 127 Å². The van der Waals surface area contributed by atoms with E-state index < -0.39 is 7.75 Å². The van der Waals surface area contributed by atoms with E-state index in [-0.39, 0.29) is 36.4 Å². The first-order chi connectivity index (χ1) is 9.41. The van der Waals surface area contributed by atoms with Gasteiger partial charge in [-0.25, -0.2) is 4.57 Å². The van der Waals surface area contributed by atoms with Gasteiger partial charge in [-0.1, -0.05) is 6.07 Å². The van der Waals surface area contributed by atoms with Gasteiger partial charge < -0.3 is 19.3 Å². The van der Waals surface area contributed by atoms with E-state index in [4.69, 9.17) is 32.7 Å². The second kappa shape index (κ2) is 7.96. The van der Waals surface area contributed by atoms with Crippen molar-refractivity contribution < 1.29 is 23.8 Å². The Balaban J connectivity index is 3.17. The molecule has 1 rings (SSSR count). The van der Waals surface area contributed by atoms with Gasteiger partial charge in [0.15, 0.2) is 11.5 Å². The van der Waals surface area contributed by atoms with Gasteiger partial charge in [-0.3, -0.25) is 4.67 Å². The average molecular weight is 344 g/mol. The third-order valence-electron chi connectivity index (χ3n) is 2.36. The van der Waals surface area contributed by atoms with Crippen LogP contribution in [-0.2, 0) is 4.57 Å². The van der Waals surface area contributed by atoms with Gasteiger partial charge in [0.25, 0.3) is 0 Å². The third-order valence-corrected chi connectivity index (χ3v) is 3.66. The number of hydrogen-bond acceptors (Lipinski definition) is 3. The molecule has 1 aromatic rings. The second-order valence-electron chi connectivity index (χ2n) is 3.72. The highest BCUT2D eigenvalue weighted by atomic mass is 35.5. The number of benzene rings is 1. The first kappa shape index (κ1) is 17.4. The minimum absolute atomic E-state index is 0.185. The second-order valence-corrected chi connectivity index (χ2v) is 6.10. The molecule has 0 heterocycles. The van der Waals surface area contributed by atoms with Crippen LogP contribution in [0.3, 0.4) is 0 Å². The highest BCUT2D eigenvalue weighted by Crippen LogP contribution is 2.48. The van der Waals surface area contributed by atoms with Gasteiger partial charge in [-0.15, -0.1) is 23.2 Å². The fraction of sp³-hybridized carbons (Fsp3) is 0.455. The molecular weight excluding hydrogens is 328 g/mol. The summed E-state index contributed by atoms with van der Waals surface area (Å²) in [4.78, 5) is 18.5. The largest absolute Gasteiger partial charge is 0.488 e. The van der Waals surface area contributed by atoms with Crippen LogP contribution in [0.15, 0.2) is 18.2 Å². The zero-order valence-electron chi connectivity index (χ0n) is 10.8. The lowest BCUT2D eigenvalue weighted by Gasteiger charge is -2.24. The zero-order valence-corrected chi connectivity index (χ0v) is 13.2. The van der Waals surface area contributed by atoms with Gasteiger partial charge in [0.2, 0.25) is 0 Å². The van der Waals surface area contributed by atoms with E-state index in [0.717, 1.165) is 4.67 Å². The van der Waals surface area contributed by atoms with Crippen LogP contribution < -0.4 is 14.1 Å². The average Bonchev–Trinajstić information content (AvgIpc) is 2.41.